The molecule has 9 heteroatoms. The molecule has 0 aromatic heterocycles. The Labute approximate surface area is 171 Å². The van der Waals surface area contributed by atoms with Crippen LogP contribution in [0.5, 0.6) is 5.75 Å². The van der Waals surface area contributed by atoms with Crippen LogP contribution in [-0.4, -0.2) is 26.1 Å². The number of anilines is 1. The predicted molar refractivity (Wildman–Crippen MR) is 110 cm³/mol. The average Bonchev–Trinajstić information content (AvgIpc) is 2.56. The van der Waals surface area contributed by atoms with E-state index in [9.17, 15) is 9.90 Å². The SMILES string of the molecule is O=C(Cc1ccccc1)NC(NC(=S)Nc1ccccc1O)C(Cl)(Cl)Cl. The van der Waals surface area contributed by atoms with E-state index in [1.165, 1.54) is 6.07 Å². The van der Waals surface area contributed by atoms with Gasteiger partial charge in [0.15, 0.2) is 5.11 Å². The highest BCUT2D eigenvalue weighted by molar-refractivity contribution is 7.80. The van der Waals surface area contributed by atoms with Crippen LogP contribution in [0.25, 0.3) is 0 Å². The molecule has 4 N–H and O–H groups in total. The highest BCUT2D eigenvalue weighted by atomic mass is 35.6. The molecule has 0 bridgehead atoms. The van der Waals surface area contributed by atoms with E-state index in [4.69, 9.17) is 47.0 Å². The highest BCUT2D eigenvalue weighted by Gasteiger charge is 2.34. The van der Waals surface area contributed by atoms with Crippen LogP contribution in [0.15, 0.2) is 54.6 Å². The maximum Gasteiger partial charge on any atom is 0.228 e. The third kappa shape index (κ3) is 6.53. The normalized spacial score (nSPS) is 12.1. The Morgan fingerprint density at radius 3 is 2.27 bits per heavy atom. The molecule has 0 aliphatic carbocycles. The number of alkyl halides is 3. The molecule has 1 atom stereocenters. The molecule has 5 nitrogen and oxygen atoms in total. The number of hydrogen-bond acceptors (Lipinski definition) is 3. The molecule has 0 spiro atoms. The molecular formula is C17H16Cl3N3O2S. The Morgan fingerprint density at radius 1 is 1.04 bits per heavy atom. The summed E-state index contributed by atoms with van der Waals surface area (Å²) in [6.45, 7) is 0. The first kappa shape index (κ1) is 20.6. The molecule has 2 aromatic carbocycles. The minimum absolute atomic E-state index is 0.00944. The van der Waals surface area contributed by atoms with Crippen molar-refractivity contribution in [2.24, 2.45) is 0 Å². The molecule has 1 amide bonds. The number of halogens is 3. The molecule has 0 saturated heterocycles. The topological polar surface area (TPSA) is 73.4 Å². The molecule has 0 radical (unpaired) electrons. The van der Waals surface area contributed by atoms with Gasteiger partial charge >= 0.3 is 0 Å². The summed E-state index contributed by atoms with van der Waals surface area (Å²) in [5, 5.41) is 17.9. The third-order valence-electron chi connectivity index (χ3n) is 3.27. The zero-order chi connectivity index (χ0) is 19.2. The van der Waals surface area contributed by atoms with E-state index in [-0.39, 0.29) is 23.2 Å². The van der Waals surface area contributed by atoms with Crippen molar-refractivity contribution in [2.75, 3.05) is 5.32 Å². The number of benzene rings is 2. The zero-order valence-electron chi connectivity index (χ0n) is 13.4. The first-order chi connectivity index (χ1) is 12.3. The summed E-state index contributed by atoms with van der Waals surface area (Å²) in [5.41, 5.74) is 1.20. The number of rotatable bonds is 5. The van der Waals surface area contributed by atoms with Crippen molar-refractivity contribution in [1.82, 2.24) is 10.6 Å². The Balaban J connectivity index is 2.00. The molecule has 0 fully saturated rings. The van der Waals surface area contributed by atoms with Crippen LogP contribution >= 0.6 is 47.0 Å². The number of phenols is 1. The van der Waals surface area contributed by atoms with Crippen molar-refractivity contribution in [3.63, 3.8) is 0 Å². The maximum absolute atomic E-state index is 12.2. The number of amides is 1. The second kappa shape index (κ2) is 9.28. The minimum atomic E-state index is -1.85. The fraction of sp³-hybridized carbons (Fsp3) is 0.176. The van der Waals surface area contributed by atoms with Crippen LogP contribution in [-0.2, 0) is 11.2 Å². The van der Waals surface area contributed by atoms with Gasteiger partial charge in [0.1, 0.15) is 11.9 Å². The fourth-order valence-electron chi connectivity index (χ4n) is 2.06. The van der Waals surface area contributed by atoms with Crippen molar-refractivity contribution in [3.05, 3.63) is 60.2 Å². The van der Waals surface area contributed by atoms with E-state index in [0.717, 1.165) is 5.56 Å². The zero-order valence-corrected chi connectivity index (χ0v) is 16.5. The van der Waals surface area contributed by atoms with Gasteiger partial charge in [0.2, 0.25) is 9.70 Å². The Kier molecular flexibility index (Phi) is 7.34. The van der Waals surface area contributed by atoms with Gasteiger partial charge in [-0.3, -0.25) is 4.79 Å². The van der Waals surface area contributed by atoms with E-state index >= 15 is 0 Å². The maximum atomic E-state index is 12.2. The summed E-state index contributed by atoms with van der Waals surface area (Å²) in [6.07, 6.45) is -0.950. The molecule has 1 unspecified atom stereocenters. The largest absolute Gasteiger partial charge is 0.506 e. The number of hydrogen-bond donors (Lipinski definition) is 4. The van der Waals surface area contributed by atoms with E-state index < -0.39 is 9.96 Å². The van der Waals surface area contributed by atoms with Gasteiger partial charge in [-0.1, -0.05) is 77.3 Å². The monoisotopic (exact) mass is 431 g/mol. The van der Waals surface area contributed by atoms with Crippen molar-refractivity contribution in [1.29, 1.82) is 0 Å². The summed E-state index contributed by atoms with van der Waals surface area (Å²) in [6, 6.07) is 15.7. The number of carbonyl (C=O) groups is 1. The van der Waals surface area contributed by atoms with E-state index in [1.54, 1.807) is 18.2 Å². The van der Waals surface area contributed by atoms with Crippen LogP contribution in [0, 0.1) is 0 Å². The number of aromatic hydroxyl groups is 1. The molecule has 0 aliphatic heterocycles. The molecule has 2 aromatic rings. The number of nitrogens with one attached hydrogen (secondary N) is 3. The Hall–Kier alpha value is -1.73. The lowest BCUT2D eigenvalue weighted by Gasteiger charge is -2.28. The molecule has 0 heterocycles. The van der Waals surface area contributed by atoms with Gasteiger partial charge in [-0.05, 0) is 29.9 Å². The quantitative estimate of drug-likeness (QED) is 0.251. The second-order valence-corrected chi connectivity index (χ2v) is 8.10. The van der Waals surface area contributed by atoms with Crippen LogP contribution in [0.2, 0.25) is 0 Å². The van der Waals surface area contributed by atoms with Crippen molar-refractivity contribution < 1.29 is 9.90 Å². The summed E-state index contributed by atoms with van der Waals surface area (Å²) in [5.74, 6) is -0.333. The van der Waals surface area contributed by atoms with Gasteiger partial charge in [-0.15, -0.1) is 0 Å². The lowest BCUT2D eigenvalue weighted by molar-refractivity contribution is -0.121. The lowest BCUT2D eigenvalue weighted by Crippen LogP contribution is -2.56. The molecule has 0 saturated carbocycles. The second-order valence-electron chi connectivity index (χ2n) is 5.32. The number of carbonyl (C=O) groups excluding carboxylic acids is 1. The van der Waals surface area contributed by atoms with Gasteiger partial charge in [0, 0.05) is 0 Å². The summed E-state index contributed by atoms with van der Waals surface area (Å²) in [4.78, 5) is 12.2. The number of phenolic OH excluding ortho intramolecular Hbond substituents is 1. The third-order valence-corrected chi connectivity index (χ3v) is 4.14. The molecule has 2 rings (SSSR count). The van der Waals surface area contributed by atoms with Crippen LogP contribution in [0.1, 0.15) is 5.56 Å². The highest BCUT2D eigenvalue weighted by Crippen LogP contribution is 2.29. The first-order valence-corrected chi connectivity index (χ1v) is 9.05. The van der Waals surface area contributed by atoms with E-state index in [0.29, 0.717) is 5.69 Å². The summed E-state index contributed by atoms with van der Waals surface area (Å²) in [7, 11) is 0. The van der Waals surface area contributed by atoms with Gasteiger partial charge in [-0.25, -0.2) is 0 Å². The van der Waals surface area contributed by atoms with Crippen molar-refractivity contribution in [2.45, 2.75) is 16.4 Å². The minimum Gasteiger partial charge on any atom is -0.506 e. The number of para-hydroxylation sites is 2. The smallest absolute Gasteiger partial charge is 0.228 e. The van der Waals surface area contributed by atoms with Gasteiger partial charge in [-0.2, -0.15) is 0 Å². The predicted octanol–water partition coefficient (Wildman–Crippen LogP) is 3.73. The average molecular weight is 433 g/mol. The molecular weight excluding hydrogens is 417 g/mol. The molecule has 26 heavy (non-hydrogen) atoms. The van der Waals surface area contributed by atoms with Crippen LogP contribution in [0.4, 0.5) is 5.69 Å². The molecule has 138 valence electrons. The Morgan fingerprint density at radius 2 is 1.65 bits per heavy atom. The number of thiocarbonyl (C=S) groups is 1. The summed E-state index contributed by atoms with van der Waals surface area (Å²) < 4.78 is -1.85. The van der Waals surface area contributed by atoms with Crippen molar-refractivity contribution >= 4 is 63.7 Å². The molecule has 0 aliphatic rings. The van der Waals surface area contributed by atoms with Crippen LogP contribution < -0.4 is 16.0 Å². The standard InChI is InChI=1S/C17H16Cl3N3O2S/c18-17(19,20)15(22-14(25)10-11-6-2-1-3-7-11)23-16(26)21-12-8-4-5-9-13(12)24/h1-9,15,24H,10H2,(H,22,25)(H2,21,23,26). The van der Waals surface area contributed by atoms with E-state index in [1.807, 2.05) is 30.3 Å². The van der Waals surface area contributed by atoms with Gasteiger partial charge < -0.3 is 21.1 Å². The first-order valence-electron chi connectivity index (χ1n) is 7.51. The van der Waals surface area contributed by atoms with Gasteiger partial charge in [0.25, 0.3) is 0 Å². The van der Waals surface area contributed by atoms with Crippen LogP contribution in [0.3, 0.4) is 0 Å². The Bertz CT molecular complexity index is 769. The van der Waals surface area contributed by atoms with Gasteiger partial charge in [0.05, 0.1) is 12.1 Å². The lowest BCUT2D eigenvalue weighted by atomic mass is 10.1. The van der Waals surface area contributed by atoms with E-state index in [2.05, 4.69) is 16.0 Å². The summed E-state index contributed by atoms with van der Waals surface area (Å²) >= 11 is 23.0. The van der Waals surface area contributed by atoms with Crippen molar-refractivity contribution in [3.8, 4) is 5.75 Å². The fourth-order valence-corrected chi connectivity index (χ4v) is 2.62.